The molecule has 5 nitrogen and oxygen atoms in total. The van der Waals surface area contributed by atoms with E-state index >= 15 is 0 Å². The van der Waals surface area contributed by atoms with E-state index in [4.69, 9.17) is 5.11 Å². The van der Waals surface area contributed by atoms with Crippen LogP contribution in [0.4, 0.5) is 0 Å². The predicted molar refractivity (Wildman–Crippen MR) is 70.3 cm³/mol. The van der Waals surface area contributed by atoms with Gasteiger partial charge in [0, 0.05) is 0 Å². The third kappa shape index (κ3) is 3.33. The summed E-state index contributed by atoms with van der Waals surface area (Å²) >= 11 is 0. The van der Waals surface area contributed by atoms with Gasteiger partial charge in [0.1, 0.15) is 6.04 Å². The Balaban J connectivity index is 2.18. The number of rotatable bonds is 6. The van der Waals surface area contributed by atoms with E-state index in [1.54, 1.807) is 12.1 Å². The van der Waals surface area contributed by atoms with Crippen LogP contribution in [0.15, 0.2) is 29.2 Å². The number of sulfonamides is 1. The molecule has 0 bridgehead atoms. The second-order valence-electron chi connectivity index (χ2n) is 4.77. The van der Waals surface area contributed by atoms with Gasteiger partial charge in [-0.15, -0.1) is 0 Å². The standard InChI is InChI=1S/C13H17NO4S/c1-2-9-3-7-11(8-4-9)19(17,18)14-12(13(15)16)10-5-6-10/h3-4,7-8,10,12,14H,2,5-6H2,1H3,(H,15,16). The van der Waals surface area contributed by atoms with E-state index < -0.39 is 22.0 Å². The fourth-order valence-electron chi connectivity index (χ4n) is 1.92. The van der Waals surface area contributed by atoms with E-state index in [2.05, 4.69) is 4.72 Å². The fraction of sp³-hybridized carbons (Fsp3) is 0.462. The summed E-state index contributed by atoms with van der Waals surface area (Å²) in [5.41, 5.74) is 1.04. The minimum atomic E-state index is -3.77. The van der Waals surface area contributed by atoms with Crippen LogP contribution in [0.25, 0.3) is 0 Å². The number of carboxylic acid groups (broad SMARTS) is 1. The molecule has 0 amide bonds. The van der Waals surface area contributed by atoms with Crippen molar-refractivity contribution in [1.82, 2.24) is 4.72 Å². The van der Waals surface area contributed by atoms with Crippen molar-refractivity contribution in [3.63, 3.8) is 0 Å². The van der Waals surface area contributed by atoms with Gasteiger partial charge < -0.3 is 5.11 Å². The highest BCUT2D eigenvalue weighted by molar-refractivity contribution is 7.89. The summed E-state index contributed by atoms with van der Waals surface area (Å²) in [6.45, 7) is 1.98. The molecular weight excluding hydrogens is 266 g/mol. The molecule has 0 saturated heterocycles. The van der Waals surface area contributed by atoms with E-state index in [1.165, 1.54) is 12.1 Å². The average molecular weight is 283 g/mol. The zero-order valence-corrected chi connectivity index (χ0v) is 11.5. The lowest BCUT2D eigenvalue weighted by molar-refractivity contribution is -0.139. The molecule has 1 unspecified atom stereocenters. The number of hydrogen-bond donors (Lipinski definition) is 2. The van der Waals surface area contributed by atoms with Crippen LogP contribution in [0.1, 0.15) is 25.3 Å². The molecule has 104 valence electrons. The summed E-state index contributed by atoms with van der Waals surface area (Å²) in [5.74, 6) is -1.20. The van der Waals surface area contributed by atoms with E-state index in [0.29, 0.717) is 0 Å². The Morgan fingerprint density at radius 3 is 2.37 bits per heavy atom. The van der Waals surface area contributed by atoms with Crippen molar-refractivity contribution in [2.24, 2.45) is 5.92 Å². The molecule has 2 N–H and O–H groups in total. The first-order chi connectivity index (χ1) is 8.94. The molecule has 0 aromatic heterocycles. The summed E-state index contributed by atoms with van der Waals surface area (Å²) in [4.78, 5) is 11.2. The minimum Gasteiger partial charge on any atom is -0.480 e. The molecule has 1 fully saturated rings. The lowest BCUT2D eigenvalue weighted by atomic mass is 10.2. The second-order valence-corrected chi connectivity index (χ2v) is 6.49. The molecule has 1 aliphatic rings. The topological polar surface area (TPSA) is 83.5 Å². The molecule has 2 rings (SSSR count). The maximum Gasteiger partial charge on any atom is 0.322 e. The van der Waals surface area contributed by atoms with E-state index in [9.17, 15) is 13.2 Å². The molecule has 1 atom stereocenters. The Bertz CT molecular complexity index is 561. The van der Waals surface area contributed by atoms with Crippen LogP contribution in [0.2, 0.25) is 0 Å². The van der Waals surface area contributed by atoms with Crippen molar-refractivity contribution in [2.45, 2.75) is 37.1 Å². The quantitative estimate of drug-likeness (QED) is 0.826. The molecule has 1 aromatic carbocycles. The number of hydrogen-bond acceptors (Lipinski definition) is 3. The highest BCUT2D eigenvalue weighted by Gasteiger charge is 2.39. The first kappa shape index (κ1) is 14.0. The van der Waals surface area contributed by atoms with Gasteiger partial charge in [-0.05, 0) is 42.9 Å². The summed E-state index contributed by atoms with van der Waals surface area (Å²) in [5, 5.41) is 9.05. The van der Waals surface area contributed by atoms with Crippen molar-refractivity contribution in [3.8, 4) is 0 Å². The Kier molecular flexibility index (Phi) is 3.91. The number of aliphatic carboxylic acids is 1. The summed E-state index contributed by atoms with van der Waals surface area (Å²) in [7, 11) is -3.77. The van der Waals surface area contributed by atoms with Crippen LogP contribution in [-0.2, 0) is 21.2 Å². The van der Waals surface area contributed by atoms with Gasteiger partial charge in [0.05, 0.1) is 4.90 Å². The second kappa shape index (κ2) is 5.30. The van der Waals surface area contributed by atoms with Gasteiger partial charge in [-0.1, -0.05) is 19.1 Å². The SMILES string of the molecule is CCc1ccc(S(=O)(=O)NC(C(=O)O)C2CC2)cc1. The number of nitrogens with one attached hydrogen (secondary N) is 1. The first-order valence-corrected chi connectivity index (χ1v) is 7.76. The number of carboxylic acids is 1. The van der Waals surface area contributed by atoms with Crippen molar-refractivity contribution in [2.75, 3.05) is 0 Å². The molecule has 6 heteroatoms. The van der Waals surface area contributed by atoms with Crippen molar-refractivity contribution in [3.05, 3.63) is 29.8 Å². The predicted octanol–water partition coefficient (Wildman–Crippen LogP) is 1.39. The van der Waals surface area contributed by atoms with E-state index in [1.807, 2.05) is 6.92 Å². The van der Waals surface area contributed by atoms with Gasteiger partial charge in [-0.2, -0.15) is 4.72 Å². The monoisotopic (exact) mass is 283 g/mol. The summed E-state index contributed by atoms with van der Waals surface area (Å²) in [6, 6.07) is 5.47. The fourth-order valence-corrected chi connectivity index (χ4v) is 3.18. The maximum absolute atomic E-state index is 12.1. The minimum absolute atomic E-state index is 0.0813. The molecule has 0 spiro atoms. The van der Waals surface area contributed by atoms with E-state index in [-0.39, 0.29) is 10.8 Å². The Labute approximate surface area is 112 Å². The molecule has 0 aliphatic heterocycles. The van der Waals surface area contributed by atoms with Gasteiger partial charge >= 0.3 is 5.97 Å². The third-order valence-electron chi connectivity index (χ3n) is 3.28. The molecular formula is C13H17NO4S. The number of carbonyl (C=O) groups is 1. The smallest absolute Gasteiger partial charge is 0.322 e. The van der Waals surface area contributed by atoms with Gasteiger partial charge in [0.15, 0.2) is 0 Å². The third-order valence-corrected chi connectivity index (χ3v) is 4.74. The van der Waals surface area contributed by atoms with Crippen LogP contribution in [0.3, 0.4) is 0 Å². The zero-order chi connectivity index (χ0) is 14.0. The van der Waals surface area contributed by atoms with Crippen molar-refractivity contribution >= 4 is 16.0 Å². The Hall–Kier alpha value is -1.40. The normalized spacial score (nSPS) is 17.1. The van der Waals surface area contributed by atoms with Gasteiger partial charge in [0.25, 0.3) is 0 Å². The summed E-state index contributed by atoms with van der Waals surface area (Å²) in [6.07, 6.45) is 2.34. The zero-order valence-electron chi connectivity index (χ0n) is 10.7. The van der Waals surface area contributed by atoms with Crippen molar-refractivity contribution < 1.29 is 18.3 Å². The van der Waals surface area contributed by atoms with Crippen molar-refractivity contribution in [1.29, 1.82) is 0 Å². The average Bonchev–Trinajstić information content (AvgIpc) is 3.20. The Morgan fingerprint density at radius 2 is 1.95 bits per heavy atom. The van der Waals surface area contributed by atoms with E-state index in [0.717, 1.165) is 24.8 Å². The van der Waals surface area contributed by atoms with Crippen LogP contribution in [-0.4, -0.2) is 25.5 Å². The van der Waals surface area contributed by atoms with Gasteiger partial charge in [-0.25, -0.2) is 8.42 Å². The number of aryl methyl sites for hydroxylation is 1. The highest BCUT2D eigenvalue weighted by atomic mass is 32.2. The lowest BCUT2D eigenvalue weighted by Crippen LogP contribution is -2.42. The highest BCUT2D eigenvalue weighted by Crippen LogP contribution is 2.33. The van der Waals surface area contributed by atoms with Gasteiger partial charge in [-0.3, -0.25) is 4.79 Å². The molecule has 1 aliphatic carbocycles. The molecule has 1 saturated carbocycles. The molecule has 0 heterocycles. The summed E-state index contributed by atoms with van der Waals surface area (Å²) < 4.78 is 26.5. The lowest BCUT2D eigenvalue weighted by Gasteiger charge is -2.14. The Morgan fingerprint density at radius 1 is 1.37 bits per heavy atom. The largest absolute Gasteiger partial charge is 0.480 e. The molecule has 19 heavy (non-hydrogen) atoms. The molecule has 0 radical (unpaired) electrons. The van der Waals surface area contributed by atoms with Crippen LogP contribution >= 0.6 is 0 Å². The van der Waals surface area contributed by atoms with Crippen LogP contribution in [0.5, 0.6) is 0 Å². The van der Waals surface area contributed by atoms with Crippen LogP contribution in [0, 0.1) is 5.92 Å². The maximum atomic E-state index is 12.1. The number of benzene rings is 1. The first-order valence-electron chi connectivity index (χ1n) is 6.28. The van der Waals surface area contributed by atoms with Crippen LogP contribution < -0.4 is 4.72 Å². The molecule has 1 aromatic rings. The van der Waals surface area contributed by atoms with Gasteiger partial charge in [0.2, 0.25) is 10.0 Å².